The summed E-state index contributed by atoms with van der Waals surface area (Å²) in [6, 6.07) is 5.02. The van der Waals surface area contributed by atoms with Gasteiger partial charge in [0, 0.05) is 5.56 Å². The molecule has 0 amide bonds. The third-order valence-electron chi connectivity index (χ3n) is 3.53. The minimum Gasteiger partial charge on any atom is -0.486 e. The van der Waals surface area contributed by atoms with Crippen molar-refractivity contribution in [3.8, 4) is 5.75 Å². The lowest BCUT2D eigenvalue weighted by Crippen LogP contribution is -2.30. The Morgan fingerprint density at radius 1 is 1.32 bits per heavy atom. The van der Waals surface area contributed by atoms with Gasteiger partial charge in [-0.3, -0.25) is 4.79 Å². The van der Waals surface area contributed by atoms with E-state index in [4.69, 9.17) is 16.3 Å². The van der Waals surface area contributed by atoms with Gasteiger partial charge in [-0.1, -0.05) is 24.4 Å². The second kappa shape index (κ2) is 6.40. The molecule has 0 aliphatic heterocycles. The van der Waals surface area contributed by atoms with Crippen molar-refractivity contribution in [1.82, 2.24) is 0 Å². The summed E-state index contributed by atoms with van der Waals surface area (Å²) in [5.41, 5.74) is 0.568. The average molecular weight is 283 g/mol. The number of carbonyl (C=O) groups excluding carboxylic acids is 1. The molecule has 2 atom stereocenters. The van der Waals surface area contributed by atoms with Crippen LogP contribution in [-0.2, 0) is 0 Å². The largest absolute Gasteiger partial charge is 0.486 e. The third-order valence-corrected chi connectivity index (χ3v) is 3.83. The normalized spacial score (nSPS) is 23.7. The van der Waals surface area contributed by atoms with E-state index in [0.717, 1.165) is 32.1 Å². The lowest BCUT2D eigenvalue weighted by atomic mass is 10.1. The van der Waals surface area contributed by atoms with Crippen molar-refractivity contribution in [1.29, 1.82) is 0 Å². The minimum atomic E-state index is -0.439. The Morgan fingerprint density at radius 2 is 2.05 bits per heavy atom. The molecule has 1 saturated carbocycles. The Kier molecular flexibility index (Phi) is 4.83. The molecule has 1 N–H and O–H groups in total. The Labute approximate surface area is 118 Å². The van der Waals surface area contributed by atoms with Gasteiger partial charge in [0.2, 0.25) is 0 Å². The number of ether oxygens (including phenoxy) is 1. The molecular formula is C15H19ClO3. The number of Topliss-reactive ketones (excluding diaryl/α,β-unsaturated/α-hetero) is 1. The number of carbonyl (C=O) groups is 1. The molecule has 2 rings (SSSR count). The number of rotatable bonds is 3. The molecule has 2 unspecified atom stereocenters. The monoisotopic (exact) mass is 282 g/mol. The van der Waals surface area contributed by atoms with E-state index in [0.29, 0.717) is 16.3 Å². The molecule has 1 aliphatic rings. The average Bonchev–Trinajstić information content (AvgIpc) is 2.57. The van der Waals surface area contributed by atoms with Crippen LogP contribution in [0.5, 0.6) is 5.75 Å². The van der Waals surface area contributed by atoms with Gasteiger partial charge < -0.3 is 9.84 Å². The summed E-state index contributed by atoms with van der Waals surface area (Å²) in [6.45, 7) is 1.50. The fraction of sp³-hybridized carbons (Fsp3) is 0.533. The first-order valence-corrected chi connectivity index (χ1v) is 7.11. The van der Waals surface area contributed by atoms with Gasteiger partial charge in [0.05, 0.1) is 11.1 Å². The minimum absolute atomic E-state index is 0.0250. The number of ketones is 1. The van der Waals surface area contributed by atoms with E-state index in [1.54, 1.807) is 18.2 Å². The van der Waals surface area contributed by atoms with Crippen molar-refractivity contribution >= 4 is 17.4 Å². The van der Waals surface area contributed by atoms with Gasteiger partial charge >= 0.3 is 0 Å². The number of benzene rings is 1. The second-order valence-electron chi connectivity index (χ2n) is 5.06. The van der Waals surface area contributed by atoms with Crippen LogP contribution in [-0.4, -0.2) is 23.1 Å². The SMILES string of the molecule is CC(=O)c1ccc(OC2CCCCCC2O)c(Cl)c1. The van der Waals surface area contributed by atoms with Gasteiger partial charge in [-0.05, 0) is 44.4 Å². The Hall–Kier alpha value is -1.06. The van der Waals surface area contributed by atoms with Crippen LogP contribution in [0.2, 0.25) is 5.02 Å². The first-order valence-electron chi connectivity index (χ1n) is 6.73. The quantitative estimate of drug-likeness (QED) is 0.680. The number of aliphatic hydroxyl groups excluding tert-OH is 1. The van der Waals surface area contributed by atoms with Gasteiger partial charge in [0.15, 0.2) is 5.78 Å². The molecule has 4 heteroatoms. The Morgan fingerprint density at radius 3 is 2.74 bits per heavy atom. The summed E-state index contributed by atoms with van der Waals surface area (Å²) >= 11 is 6.12. The zero-order valence-electron chi connectivity index (χ0n) is 11.1. The van der Waals surface area contributed by atoms with Crippen LogP contribution in [0.3, 0.4) is 0 Å². The van der Waals surface area contributed by atoms with E-state index < -0.39 is 6.10 Å². The lowest BCUT2D eigenvalue weighted by molar-refractivity contribution is 0.0320. The van der Waals surface area contributed by atoms with Crippen molar-refractivity contribution in [2.24, 2.45) is 0 Å². The Balaban J connectivity index is 2.11. The molecule has 0 aromatic heterocycles. The number of hydrogen-bond donors (Lipinski definition) is 1. The van der Waals surface area contributed by atoms with Crippen molar-refractivity contribution < 1.29 is 14.6 Å². The number of aliphatic hydroxyl groups is 1. The topological polar surface area (TPSA) is 46.5 Å². The number of halogens is 1. The summed E-state index contributed by atoms with van der Waals surface area (Å²) in [6.07, 6.45) is 4.20. The van der Waals surface area contributed by atoms with E-state index in [9.17, 15) is 9.90 Å². The van der Waals surface area contributed by atoms with Gasteiger partial charge in [-0.15, -0.1) is 0 Å². The fourth-order valence-electron chi connectivity index (χ4n) is 2.37. The maximum atomic E-state index is 11.3. The standard InChI is InChI=1S/C15H19ClO3/c1-10(17)11-7-8-14(12(16)9-11)19-15-6-4-2-3-5-13(15)18/h7-9,13,15,18H,2-6H2,1H3. The van der Waals surface area contributed by atoms with Crippen molar-refractivity contribution in [3.63, 3.8) is 0 Å². The smallest absolute Gasteiger partial charge is 0.159 e. The predicted molar refractivity (Wildman–Crippen MR) is 75.0 cm³/mol. The zero-order valence-corrected chi connectivity index (χ0v) is 11.8. The van der Waals surface area contributed by atoms with Crippen LogP contribution in [0.25, 0.3) is 0 Å². The molecule has 19 heavy (non-hydrogen) atoms. The van der Waals surface area contributed by atoms with E-state index >= 15 is 0 Å². The molecule has 1 aromatic carbocycles. The first-order chi connectivity index (χ1) is 9.08. The molecule has 1 aromatic rings. The van der Waals surface area contributed by atoms with Gasteiger partial charge in [-0.25, -0.2) is 0 Å². The van der Waals surface area contributed by atoms with Gasteiger partial charge in [0.1, 0.15) is 11.9 Å². The lowest BCUT2D eigenvalue weighted by Gasteiger charge is -2.22. The zero-order chi connectivity index (χ0) is 13.8. The summed E-state index contributed by atoms with van der Waals surface area (Å²) in [7, 11) is 0. The summed E-state index contributed by atoms with van der Waals surface area (Å²) in [5.74, 6) is 0.514. The molecule has 3 nitrogen and oxygen atoms in total. The molecule has 0 saturated heterocycles. The molecule has 104 valence electrons. The van der Waals surface area contributed by atoms with E-state index in [1.807, 2.05) is 0 Å². The third kappa shape index (κ3) is 3.71. The maximum Gasteiger partial charge on any atom is 0.159 e. The van der Waals surface area contributed by atoms with Crippen LogP contribution < -0.4 is 4.74 Å². The van der Waals surface area contributed by atoms with Crippen LogP contribution in [0.4, 0.5) is 0 Å². The molecule has 0 spiro atoms. The Bertz CT molecular complexity index is 459. The highest BCUT2D eigenvalue weighted by Crippen LogP contribution is 2.29. The summed E-state index contributed by atoms with van der Waals surface area (Å²) < 4.78 is 5.82. The van der Waals surface area contributed by atoms with E-state index in [-0.39, 0.29) is 11.9 Å². The predicted octanol–water partition coefficient (Wildman–Crippen LogP) is 3.62. The molecule has 1 fully saturated rings. The molecule has 0 heterocycles. The second-order valence-corrected chi connectivity index (χ2v) is 5.47. The van der Waals surface area contributed by atoms with Gasteiger partial charge in [-0.2, -0.15) is 0 Å². The van der Waals surface area contributed by atoms with Crippen LogP contribution in [0.15, 0.2) is 18.2 Å². The number of hydrogen-bond acceptors (Lipinski definition) is 3. The molecule has 0 radical (unpaired) electrons. The fourth-order valence-corrected chi connectivity index (χ4v) is 2.60. The highest BCUT2D eigenvalue weighted by molar-refractivity contribution is 6.32. The highest BCUT2D eigenvalue weighted by atomic mass is 35.5. The highest BCUT2D eigenvalue weighted by Gasteiger charge is 2.24. The summed E-state index contributed by atoms with van der Waals surface area (Å²) in [4.78, 5) is 11.3. The summed E-state index contributed by atoms with van der Waals surface area (Å²) in [5, 5.41) is 10.4. The van der Waals surface area contributed by atoms with Crippen molar-refractivity contribution in [2.75, 3.05) is 0 Å². The van der Waals surface area contributed by atoms with Crippen LogP contribution in [0, 0.1) is 0 Å². The first kappa shape index (κ1) is 14.4. The van der Waals surface area contributed by atoms with Crippen LogP contribution >= 0.6 is 11.6 Å². The van der Waals surface area contributed by atoms with E-state index in [1.165, 1.54) is 6.92 Å². The van der Waals surface area contributed by atoms with Gasteiger partial charge in [0.25, 0.3) is 0 Å². The molecular weight excluding hydrogens is 264 g/mol. The molecule has 0 bridgehead atoms. The molecule has 1 aliphatic carbocycles. The van der Waals surface area contributed by atoms with Crippen LogP contribution in [0.1, 0.15) is 49.4 Å². The van der Waals surface area contributed by atoms with Crippen molar-refractivity contribution in [2.45, 2.75) is 51.2 Å². The van der Waals surface area contributed by atoms with E-state index in [2.05, 4.69) is 0 Å². The maximum absolute atomic E-state index is 11.3. The van der Waals surface area contributed by atoms with Crippen molar-refractivity contribution in [3.05, 3.63) is 28.8 Å².